The van der Waals surface area contributed by atoms with Crippen LogP contribution in [0.25, 0.3) is 10.9 Å². The minimum absolute atomic E-state index is 0.286. The second-order valence-electron chi connectivity index (χ2n) is 5.94. The Morgan fingerprint density at radius 1 is 1.20 bits per heavy atom. The third-order valence-corrected chi connectivity index (χ3v) is 4.51. The van der Waals surface area contributed by atoms with E-state index in [1.807, 2.05) is 6.07 Å². The number of rotatable bonds is 4. The van der Waals surface area contributed by atoms with Gasteiger partial charge in [-0.05, 0) is 12.5 Å². The molecule has 130 valence electrons. The molecule has 3 N–H and O–H groups in total. The van der Waals surface area contributed by atoms with E-state index < -0.39 is 0 Å². The molecule has 3 aromatic rings. The zero-order chi connectivity index (χ0) is 17.4. The fraction of sp³-hybridized carbons (Fsp3) is 0.375. The van der Waals surface area contributed by atoms with Crippen LogP contribution < -0.4 is 20.1 Å². The minimum atomic E-state index is 0.286. The highest BCUT2D eigenvalue weighted by atomic mass is 16.5. The average molecular weight is 341 g/mol. The molecule has 1 fully saturated rings. The fourth-order valence-electron chi connectivity index (χ4n) is 3.18. The molecule has 0 radical (unpaired) electrons. The molecule has 9 nitrogen and oxygen atoms in total. The Labute approximate surface area is 144 Å². The number of nitrogen functional groups attached to an aromatic ring is 1. The van der Waals surface area contributed by atoms with Gasteiger partial charge in [-0.25, -0.2) is 9.97 Å². The Bertz CT molecular complexity index is 897. The van der Waals surface area contributed by atoms with Crippen molar-refractivity contribution in [1.82, 2.24) is 25.1 Å². The molecule has 4 rings (SSSR count). The number of benzene rings is 1. The number of anilines is 2. The second-order valence-corrected chi connectivity index (χ2v) is 5.94. The lowest BCUT2D eigenvalue weighted by atomic mass is 10.1. The number of nitrogens with one attached hydrogen (secondary N) is 1. The van der Waals surface area contributed by atoms with E-state index in [-0.39, 0.29) is 5.92 Å². The Kier molecular flexibility index (Phi) is 3.75. The highest BCUT2D eigenvalue weighted by Gasteiger charge is 2.28. The van der Waals surface area contributed by atoms with Crippen molar-refractivity contribution in [3.05, 3.63) is 24.3 Å². The lowest BCUT2D eigenvalue weighted by molar-refractivity contribution is 0.356. The van der Waals surface area contributed by atoms with Crippen molar-refractivity contribution in [2.75, 3.05) is 37.9 Å². The molecular weight excluding hydrogens is 322 g/mol. The van der Waals surface area contributed by atoms with Gasteiger partial charge in [0.15, 0.2) is 11.5 Å². The zero-order valence-electron chi connectivity index (χ0n) is 14.1. The van der Waals surface area contributed by atoms with Gasteiger partial charge in [-0.3, -0.25) is 5.10 Å². The lowest BCUT2D eigenvalue weighted by Crippen LogP contribution is -2.22. The van der Waals surface area contributed by atoms with Crippen LogP contribution in [0.2, 0.25) is 0 Å². The summed E-state index contributed by atoms with van der Waals surface area (Å²) in [5.41, 5.74) is 6.89. The van der Waals surface area contributed by atoms with Gasteiger partial charge in [-0.15, -0.1) is 0 Å². The summed E-state index contributed by atoms with van der Waals surface area (Å²) < 4.78 is 10.7. The highest BCUT2D eigenvalue weighted by molar-refractivity contribution is 5.91. The van der Waals surface area contributed by atoms with Gasteiger partial charge in [0, 0.05) is 30.5 Å². The molecule has 1 aliphatic rings. The maximum atomic E-state index is 6.17. The van der Waals surface area contributed by atoms with Gasteiger partial charge < -0.3 is 20.1 Å². The Morgan fingerprint density at radius 2 is 2.00 bits per heavy atom. The summed E-state index contributed by atoms with van der Waals surface area (Å²) in [4.78, 5) is 15.5. The molecule has 3 heterocycles. The van der Waals surface area contributed by atoms with E-state index in [0.29, 0.717) is 23.3 Å². The summed E-state index contributed by atoms with van der Waals surface area (Å²) in [6.07, 6.45) is 2.49. The normalized spacial score (nSPS) is 17.2. The van der Waals surface area contributed by atoms with Crippen LogP contribution in [0.1, 0.15) is 18.2 Å². The summed E-state index contributed by atoms with van der Waals surface area (Å²) in [6.45, 7) is 1.61. The van der Waals surface area contributed by atoms with Gasteiger partial charge in [-0.2, -0.15) is 10.1 Å². The first-order chi connectivity index (χ1) is 12.2. The molecule has 1 unspecified atom stereocenters. The smallest absolute Gasteiger partial charge is 0.227 e. The third kappa shape index (κ3) is 2.67. The van der Waals surface area contributed by atoms with E-state index in [1.165, 1.54) is 6.33 Å². The predicted molar refractivity (Wildman–Crippen MR) is 93.0 cm³/mol. The van der Waals surface area contributed by atoms with Crippen LogP contribution in [0.3, 0.4) is 0 Å². The maximum Gasteiger partial charge on any atom is 0.227 e. The topological polar surface area (TPSA) is 115 Å². The number of hydrogen-bond acceptors (Lipinski definition) is 8. The highest BCUT2D eigenvalue weighted by Crippen LogP contribution is 2.35. The molecule has 1 aliphatic heterocycles. The standard InChI is InChI=1S/C16H19N7O2/c1-24-12-5-10-11(6-13(12)25-2)20-16(21-14(10)17)23-4-3-9(7-23)15-18-8-19-22-15/h5-6,8-9H,3-4,7H2,1-2H3,(H2,17,20,21)(H,18,19,22). The van der Waals surface area contributed by atoms with Crippen LogP contribution in [0, 0.1) is 0 Å². The molecule has 0 amide bonds. The minimum Gasteiger partial charge on any atom is -0.493 e. The first-order valence-corrected chi connectivity index (χ1v) is 7.99. The van der Waals surface area contributed by atoms with E-state index in [0.717, 1.165) is 36.2 Å². The first kappa shape index (κ1) is 15.4. The first-order valence-electron chi connectivity index (χ1n) is 7.99. The molecule has 9 heteroatoms. The van der Waals surface area contributed by atoms with E-state index in [1.54, 1.807) is 20.3 Å². The largest absolute Gasteiger partial charge is 0.493 e. The lowest BCUT2D eigenvalue weighted by Gasteiger charge is -2.17. The molecule has 1 aromatic carbocycles. The van der Waals surface area contributed by atoms with Gasteiger partial charge >= 0.3 is 0 Å². The fourth-order valence-corrected chi connectivity index (χ4v) is 3.18. The van der Waals surface area contributed by atoms with Crippen molar-refractivity contribution >= 4 is 22.7 Å². The molecule has 0 spiro atoms. The van der Waals surface area contributed by atoms with Crippen molar-refractivity contribution in [3.8, 4) is 11.5 Å². The Hall–Kier alpha value is -3.10. The third-order valence-electron chi connectivity index (χ3n) is 4.51. The van der Waals surface area contributed by atoms with E-state index in [9.17, 15) is 0 Å². The molecule has 0 aliphatic carbocycles. The number of hydrogen-bond donors (Lipinski definition) is 2. The van der Waals surface area contributed by atoms with Gasteiger partial charge in [0.25, 0.3) is 0 Å². The molecule has 2 aromatic heterocycles. The Balaban J connectivity index is 1.69. The van der Waals surface area contributed by atoms with Crippen LogP contribution >= 0.6 is 0 Å². The van der Waals surface area contributed by atoms with E-state index in [4.69, 9.17) is 15.2 Å². The maximum absolute atomic E-state index is 6.17. The Morgan fingerprint density at radius 3 is 2.72 bits per heavy atom. The number of H-pyrrole nitrogens is 1. The van der Waals surface area contributed by atoms with Crippen LogP contribution in [0.5, 0.6) is 11.5 Å². The van der Waals surface area contributed by atoms with E-state index >= 15 is 0 Å². The summed E-state index contributed by atoms with van der Waals surface area (Å²) in [6, 6.07) is 3.62. The average Bonchev–Trinajstić information content (AvgIpc) is 3.31. The number of fused-ring (bicyclic) bond motifs is 1. The number of ether oxygens (including phenoxy) is 2. The van der Waals surface area contributed by atoms with Gasteiger partial charge in [0.05, 0.1) is 19.7 Å². The SMILES string of the molecule is COc1cc2nc(N3CCC(c4ncn[nH]4)C3)nc(N)c2cc1OC. The zero-order valence-corrected chi connectivity index (χ0v) is 14.1. The summed E-state index contributed by atoms with van der Waals surface area (Å²) in [7, 11) is 3.18. The van der Waals surface area contributed by atoms with Crippen LogP contribution in [0.15, 0.2) is 18.5 Å². The molecule has 0 saturated carbocycles. The number of nitrogens with two attached hydrogens (primary N) is 1. The van der Waals surface area contributed by atoms with Crippen LogP contribution in [-0.4, -0.2) is 52.5 Å². The number of aromatic amines is 1. The van der Waals surface area contributed by atoms with Crippen molar-refractivity contribution in [2.24, 2.45) is 0 Å². The quantitative estimate of drug-likeness (QED) is 0.730. The molecule has 0 bridgehead atoms. The van der Waals surface area contributed by atoms with Crippen molar-refractivity contribution < 1.29 is 9.47 Å². The molecule has 1 atom stereocenters. The van der Waals surface area contributed by atoms with Gasteiger partial charge in [0.2, 0.25) is 5.95 Å². The van der Waals surface area contributed by atoms with E-state index in [2.05, 4.69) is 30.0 Å². The van der Waals surface area contributed by atoms with Crippen LogP contribution in [-0.2, 0) is 0 Å². The van der Waals surface area contributed by atoms with Crippen LogP contribution in [0.4, 0.5) is 11.8 Å². The van der Waals surface area contributed by atoms with Gasteiger partial charge in [-0.1, -0.05) is 0 Å². The van der Waals surface area contributed by atoms with Gasteiger partial charge in [0.1, 0.15) is 18.0 Å². The van der Waals surface area contributed by atoms with Crippen molar-refractivity contribution in [1.29, 1.82) is 0 Å². The molecular formula is C16H19N7O2. The molecule has 25 heavy (non-hydrogen) atoms. The summed E-state index contributed by atoms with van der Waals surface area (Å²) >= 11 is 0. The number of methoxy groups -OCH3 is 2. The summed E-state index contributed by atoms with van der Waals surface area (Å²) in [5.74, 6) is 3.42. The number of nitrogens with zero attached hydrogens (tertiary/aromatic N) is 5. The van der Waals surface area contributed by atoms with Crippen molar-refractivity contribution in [3.63, 3.8) is 0 Å². The molecule has 1 saturated heterocycles. The van der Waals surface area contributed by atoms with Crippen molar-refractivity contribution in [2.45, 2.75) is 12.3 Å². The monoisotopic (exact) mass is 341 g/mol. The number of aromatic nitrogens is 5. The predicted octanol–water partition coefficient (Wildman–Crippen LogP) is 1.34. The second kappa shape index (κ2) is 6.08. The summed E-state index contributed by atoms with van der Waals surface area (Å²) in [5, 5.41) is 7.60.